The van der Waals surface area contributed by atoms with Gasteiger partial charge in [-0.3, -0.25) is 9.89 Å². The summed E-state index contributed by atoms with van der Waals surface area (Å²) in [6.45, 7) is 3.10. The van der Waals surface area contributed by atoms with Crippen LogP contribution < -0.4 is 20.1 Å². The van der Waals surface area contributed by atoms with Crippen molar-refractivity contribution in [3.63, 3.8) is 0 Å². The molecule has 1 saturated heterocycles. The minimum absolute atomic E-state index is 0.136. The van der Waals surface area contributed by atoms with Gasteiger partial charge in [0.25, 0.3) is 0 Å². The minimum Gasteiger partial charge on any atom is -0.493 e. The summed E-state index contributed by atoms with van der Waals surface area (Å²) in [5.41, 5.74) is 0. The average molecular weight is 402 g/mol. The monoisotopic (exact) mass is 402 g/mol. The number of nitrogens with zero attached hydrogens (tertiary/aromatic N) is 2. The number of aliphatic imine (C=N–C) groups is 1. The lowest BCUT2D eigenvalue weighted by atomic mass is 10.1. The molecule has 28 heavy (non-hydrogen) atoms. The quantitative estimate of drug-likeness (QED) is 0.517. The molecule has 2 atom stereocenters. The van der Waals surface area contributed by atoms with Crippen LogP contribution in [-0.2, 0) is 0 Å². The highest BCUT2D eigenvalue weighted by Crippen LogP contribution is 2.26. The molecule has 9 heteroatoms. The Balaban J connectivity index is 1.71. The molecule has 1 heterocycles. The molecule has 0 radical (unpaired) electrons. The van der Waals surface area contributed by atoms with Gasteiger partial charge in [0.15, 0.2) is 17.5 Å². The van der Waals surface area contributed by atoms with Crippen molar-refractivity contribution in [3.8, 4) is 11.5 Å². The molecule has 1 fully saturated rings. The molecule has 1 aromatic rings. The highest BCUT2D eigenvalue weighted by Gasteiger charge is 2.34. The first-order valence-electron chi connectivity index (χ1n) is 9.34. The predicted molar refractivity (Wildman–Crippen MR) is 103 cm³/mol. The Morgan fingerprint density at radius 2 is 2.00 bits per heavy atom. The first kappa shape index (κ1) is 22.1. The normalized spacial score (nSPS) is 19.4. The third-order valence-electron chi connectivity index (χ3n) is 4.51. The Hall–Kier alpha value is -2.16. The van der Waals surface area contributed by atoms with Crippen LogP contribution in [0.25, 0.3) is 0 Å². The summed E-state index contributed by atoms with van der Waals surface area (Å²) < 4.78 is 48.6. The van der Waals surface area contributed by atoms with Gasteiger partial charge in [-0.2, -0.15) is 13.2 Å². The molecule has 1 aromatic carbocycles. The summed E-state index contributed by atoms with van der Waals surface area (Å²) in [4.78, 5) is 5.61. The van der Waals surface area contributed by atoms with E-state index in [4.69, 9.17) is 9.47 Å². The fraction of sp³-hybridized carbons (Fsp3) is 0.632. The number of hydrogen-bond acceptors (Lipinski definition) is 4. The third kappa shape index (κ3) is 7.46. The molecular formula is C19H29F3N4O2. The van der Waals surface area contributed by atoms with Gasteiger partial charge in [0, 0.05) is 20.1 Å². The Labute approximate surface area is 164 Å². The zero-order valence-corrected chi connectivity index (χ0v) is 16.6. The van der Waals surface area contributed by atoms with Crippen molar-refractivity contribution in [1.29, 1.82) is 0 Å². The molecule has 6 nitrogen and oxygen atoms in total. The van der Waals surface area contributed by atoms with Crippen molar-refractivity contribution in [2.24, 2.45) is 10.9 Å². The molecule has 2 rings (SSSR count). The molecule has 2 unspecified atom stereocenters. The van der Waals surface area contributed by atoms with Crippen molar-refractivity contribution in [2.45, 2.75) is 25.6 Å². The zero-order chi connectivity index (χ0) is 20.6. The van der Waals surface area contributed by atoms with E-state index in [0.717, 1.165) is 6.42 Å². The van der Waals surface area contributed by atoms with Gasteiger partial charge in [-0.15, -0.1) is 0 Å². The maximum atomic E-state index is 12.5. The number of guanidine groups is 1. The summed E-state index contributed by atoms with van der Waals surface area (Å²) >= 11 is 0. The molecule has 0 aromatic heterocycles. The van der Waals surface area contributed by atoms with Crippen LogP contribution >= 0.6 is 0 Å². The fourth-order valence-electron chi connectivity index (χ4n) is 3.15. The van der Waals surface area contributed by atoms with Crippen molar-refractivity contribution < 1.29 is 22.6 Å². The van der Waals surface area contributed by atoms with Crippen LogP contribution in [0.5, 0.6) is 11.5 Å². The van der Waals surface area contributed by atoms with Gasteiger partial charge >= 0.3 is 6.18 Å². The lowest BCUT2D eigenvalue weighted by molar-refractivity contribution is -0.143. The van der Waals surface area contributed by atoms with Gasteiger partial charge in [-0.1, -0.05) is 12.1 Å². The lowest BCUT2D eigenvalue weighted by Crippen LogP contribution is -2.43. The van der Waals surface area contributed by atoms with E-state index in [1.165, 1.54) is 4.90 Å². The number of halogens is 3. The standard InChI is InChI=1S/C19H29F3N4O2/c1-14(28-17-7-5-4-6-16(17)27-3)10-24-18(23-2)25-11-15-8-9-26(12-15)13-19(20,21)22/h4-7,14-15H,8-13H2,1-3H3,(H2,23,24,25). The number of methoxy groups -OCH3 is 1. The molecule has 0 amide bonds. The van der Waals surface area contributed by atoms with Gasteiger partial charge in [0.05, 0.1) is 20.2 Å². The number of likely N-dealkylation sites (tertiary alicyclic amines) is 1. The van der Waals surface area contributed by atoms with Gasteiger partial charge in [-0.05, 0) is 37.9 Å². The molecule has 0 spiro atoms. The van der Waals surface area contributed by atoms with E-state index in [0.29, 0.717) is 43.6 Å². The molecule has 158 valence electrons. The Bertz CT molecular complexity index is 640. The third-order valence-corrected chi connectivity index (χ3v) is 4.51. The second kappa shape index (κ2) is 10.4. The van der Waals surface area contributed by atoms with E-state index in [9.17, 15) is 13.2 Å². The van der Waals surface area contributed by atoms with Gasteiger partial charge < -0.3 is 20.1 Å². The van der Waals surface area contributed by atoms with Crippen molar-refractivity contribution in [1.82, 2.24) is 15.5 Å². The molecular weight excluding hydrogens is 373 g/mol. The maximum absolute atomic E-state index is 12.5. The van der Waals surface area contributed by atoms with E-state index in [1.54, 1.807) is 14.2 Å². The van der Waals surface area contributed by atoms with Crippen LogP contribution in [0.15, 0.2) is 29.3 Å². The number of para-hydroxylation sites is 2. The maximum Gasteiger partial charge on any atom is 0.401 e. The lowest BCUT2D eigenvalue weighted by Gasteiger charge is -2.20. The van der Waals surface area contributed by atoms with Gasteiger partial charge in [0.1, 0.15) is 6.10 Å². The highest BCUT2D eigenvalue weighted by atomic mass is 19.4. The largest absolute Gasteiger partial charge is 0.493 e. The van der Waals surface area contributed by atoms with Crippen LogP contribution in [-0.4, -0.2) is 70.0 Å². The molecule has 0 aliphatic carbocycles. The summed E-state index contributed by atoms with van der Waals surface area (Å²) in [7, 11) is 3.25. The first-order valence-corrected chi connectivity index (χ1v) is 9.34. The average Bonchev–Trinajstić information content (AvgIpc) is 3.07. The number of alkyl halides is 3. The van der Waals surface area contributed by atoms with Crippen molar-refractivity contribution in [2.75, 3.05) is 46.9 Å². The molecule has 0 saturated carbocycles. The van der Waals surface area contributed by atoms with Crippen LogP contribution in [0.1, 0.15) is 13.3 Å². The SMILES string of the molecule is CN=C(NCC1CCN(CC(F)(F)F)C1)NCC(C)Oc1ccccc1OC. The predicted octanol–water partition coefficient (Wildman–Crippen LogP) is 2.51. The number of hydrogen-bond donors (Lipinski definition) is 2. The van der Waals surface area contributed by atoms with E-state index in [-0.39, 0.29) is 12.0 Å². The van der Waals surface area contributed by atoms with Crippen LogP contribution in [0.4, 0.5) is 13.2 Å². The number of nitrogens with one attached hydrogen (secondary N) is 2. The molecule has 1 aliphatic rings. The van der Waals surface area contributed by atoms with Crippen LogP contribution in [0.2, 0.25) is 0 Å². The van der Waals surface area contributed by atoms with Crippen LogP contribution in [0.3, 0.4) is 0 Å². The van der Waals surface area contributed by atoms with E-state index in [1.807, 2.05) is 31.2 Å². The highest BCUT2D eigenvalue weighted by molar-refractivity contribution is 5.79. The Kier molecular flexibility index (Phi) is 8.22. The second-order valence-corrected chi connectivity index (χ2v) is 6.92. The van der Waals surface area contributed by atoms with Gasteiger partial charge in [-0.25, -0.2) is 0 Å². The van der Waals surface area contributed by atoms with Gasteiger partial charge in [0.2, 0.25) is 0 Å². The van der Waals surface area contributed by atoms with E-state index in [2.05, 4.69) is 15.6 Å². The fourth-order valence-corrected chi connectivity index (χ4v) is 3.15. The minimum atomic E-state index is -4.14. The summed E-state index contributed by atoms with van der Waals surface area (Å²) in [5, 5.41) is 6.37. The molecule has 0 bridgehead atoms. The first-order chi connectivity index (χ1) is 13.3. The molecule has 1 aliphatic heterocycles. The Morgan fingerprint density at radius 1 is 1.29 bits per heavy atom. The number of benzene rings is 1. The zero-order valence-electron chi connectivity index (χ0n) is 16.6. The smallest absolute Gasteiger partial charge is 0.401 e. The van der Waals surface area contributed by atoms with Crippen LogP contribution in [0, 0.1) is 5.92 Å². The topological polar surface area (TPSA) is 58.1 Å². The second-order valence-electron chi connectivity index (χ2n) is 6.92. The van der Waals surface area contributed by atoms with Crippen molar-refractivity contribution in [3.05, 3.63) is 24.3 Å². The van der Waals surface area contributed by atoms with E-state index < -0.39 is 12.7 Å². The summed E-state index contributed by atoms with van der Waals surface area (Å²) in [6, 6.07) is 7.43. The Morgan fingerprint density at radius 3 is 2.64 bits per heavy atom. The summed E-state index contributed by atoms with van der Waals surface area (Å²) in [5.74, 6) is 2.10. The van der Waals surface area contributed by atoms with Crippen molar-refractivity contribution >= 4 is 5.96 Å². The number of ether oxygens (including phenoxy) is 2. The molecule has 2 N–H and O–H groups in total. The number of rotatable bonds is 8. The van der Waals surface area contributed by atoms with E-state index >= 15 is 0 Å². The summed E-state index contributed by atoms with van der Waals surface area (Å²) in [6.07, 6.45) is -3.53.